The van der Waals surface area contributed by atoms with Gasteiger partial charge in [0.05, 0.1) is 0 Å². The van der Waals surface area contributed by atoms with Crippen molar-refractivity contribution in [2.75, 3.05) is 0 Å². The number of rotatable bonds is 6. The molecule has 0 bridgehead atoms. The molecule has 1 aliphatic heterocycles. The standard InChI is InChI=1S/C12H36Cl8N2Si9/c1-23(2,3)21(24(4,5)6)30(19)27(13,14)28(15,16)31(20,29(30,17)18)22(25(7,8)9)26(10,11)12/h1-12H3. The van der Waals surface area contributed by atoms with E-state index in [-0.39, 0.29) is 0 Å². The van der Waals surface area contributed by atoms with E-state index in [1.807, 2.05) is 0 Å². The molecule has 0 aliphatic carbocycles. The summed E-state index contributed by atoms with van der Waals surface area (Å²) in [4.78, 5) is 0. The van der Waals surface area contributed by atoms with E-state index in [1.54, 1.807) is 0 Å². The predicted octanol–water partition coefficient (Wildman–Crippen LogP) is 8.46. The van der Waals surface area contributed by atoms with Crippen LogP contribution in [0.2, 0.25) is 78.6 Å². The Bertz CT molecular complexity index is 629. The highest BCUT2D eigenvalue weighted by molar-refractivity contribution is 8.45. The fourth-order valence-corrected chi connectivity index (χ4v) is 320. The molecule has 2 nitrogen and oxygen atoms in total. The van der Waals surface area contributed by atoms with E-state index in [0.29, 0.717) is 0 Å². The molecular weight excluding hydrogens is 709 g/mol. The van der Waals surface area contributed by atoms with Crippen LogP contribution in [0.4, 0.5) is 0 Å². The quantitative estimate of drug-likeness (QED) is 0.199. The maximum atomic E-state index is 7.85. The van der Waals surface area contributed by atoms with Crippen LogP contribution >= 0.6 is 88.6 Å². The van der Waals surface area contributed by atoms with Crippen molar-refractivity contribution < 1.29 is 0 Å². The summed E-state index contributed by atoms with van der Waals surface area (Å²) in [6.45, 7) is 20.2. The fraction of sp³-hybridized carbons (Fsp3) is 1.00. The zero-order valence-corrected chi connectivity index (χ0v) is 35.5. The first-order valence-electron chi connectivity index (χ1n) is 10.1. The van der Waals surface area contributed by atoms with E-state index in [0.717, 1.165) is 0 Å². The molecule has 1 heterocycles. The van der Waals surface area contributed by atoms with Gasteiger partial charge in [-0.3, -0.25) is 0 Å². The van der Waals surface area contributed by atoms with E-state index in [1.165, 1.54) is 0 Å². The number of nitrogens with zero attached hydrogens (tertiary/aromatic N) is 2. The largest absolute Gasteiger partial charge is 0.357 e. The Labute approximate surface area is 235 Å². The van der Waals surface area contributed by atoms with Crippen LogP contribution < -0.4 is 0 Å². The van der Waals surface area contributed by atoms with Gasteiger partial charge >= 0.3 is 0 Å². The lowest BCUT2D eigenvalue weighted by atomic mass is 11.8. The van der Waals surface area contributed by atoms with Crippen LogP contribution in [-0.2, 0) is 0 Å². The van der Waals surface area contributed by atoms with Gasteiger partial charge in [-0.2, -0.15) is 0 Å². The number of hydrogen-bond donors (Lipinski definition) is 0. The molecule has 31 heavy (non-hydrogen) atoms. The second-order valence-electron chi connectivity index (χ2n) is 12.3. The number of halogens is 8. The molecule has 0 saturated carbocycles. The molecule has 1 saturated heterocycles. The van der Waals surface area contributed by atoms with Crippen LogP contribution in [0.15, 0.2) is 0 Å². The SMILES string of the molecule is C[Si](C)(C)N([Si](C)(C)C)[Si]1(Cl)[Si](Cl)(Cl)[Si](Cl)(Cl)[Si](Cl)(N([Si](C)(C)C)[Si](C)(C)C)[Si]1(Cl)Cl. The van der Waals surface area contributed by atoms with Gasteiger partial charge in [0.15, 0.2) is 0 Å². The van der Waals surface area contributed by atoms with E-state index in [9.17, 15) is 0 Å². The lowest BCUT2D eigenvalue weighted by Gasteiger charge is -2.58. The molecule has 1 fully saturated rings. The summed E-state index contributed by atoms with van der Waals surface area (Å²) in [5, 5.41) is 0. The zero-order chi connectivity index (χ0) is 25.7. The normalized spacial score (nSPS) is 31.5. The molecular formula is C12H36Cl8N2Si9. The highest BCUT2D eigenvalue weighted by Crippen LogP contribution is 2.67. The van der Waals surface area contributed by atoms with Crippen molar-refractivity contribution in [2.45, 2.75) is 78.6 Å². The lowest BCUT2D eigenvalue weighted by Crippen LogP contribution is -2.86. The smallest absolute Gasteiger partial charge is 0.294 e. The highest BCUT2D eigenvalue weighted by atomic mass is 35.8. The van der Waals surface area contributed by atoms with E-state index in [4.69, 9.17) is 88.6 Å². The summed E-state index contributed by atoms with van der Waals surface area (Å²) in [6.07, 6.45) is 0. The van der Waals surface area contributed by atoms with Crippen molar-refractivity contribution in [1.82, 2.24) is 7.79 Å². The van der Waals surface area contributed by atoms with Crippen molar-refractivity contribution in [3.63, 3.8) is 0 Å². The molecule has 0 aromatic heterocycles. The van der Waals surface area contributed by atoms with Crippen LogP contribution in [0.25, 0.3) is 0 Å². The van der Waals surface area contributed by atoms with Crippen LogP contribution in [-0.4, -0.2) is 71.1 Å². The first-order chi connectivity index (χ1) is 13.0. The van der Waals surface area contributed by atoms with Crippen LogP contribution in [0.3, 0.4) is 0 Å². The number of hydrogen-bond acceptors (Lipinski definition) is 2. The van der Waals surface area contributed by atoms with Crippen LogP contribution in [0.5, 0.6) is 0 Å². The Morgan fingerprint density at radius 1 is 0.355 bits per heavy atom. The third-order valence-corrected chi connectivity index (χ3v) is 177. The second kappa shape index (κ2) is 9.14. The molecule has 0 radical (unpaired) electrons. The van der Waals surface area contributed by atoms with Gasteiger partial charge in [-0.05, 0) is 0 Å². The van der Waals surface area contributed by atoms with Gasteiger partial charge in [0.2, 0.25) is 0 Å². The molecule has 0 spiro atoms. The van der Waals surface area contributed by atoms with Gasteiger partial charge < -0.3 is 7.79 Å². The third kappa shape index (κ3) is 4.88. The predicted molar refractivity (Wildman–Crippen MR) is 173 cm³/mol. The molecule has 2 atom stereocenters. The van der Waals surface area contributed by atoms with Gasteiger partial charge in [0, 0.05) is 0 Å². The van der Waals surface area contributed by atoms with Gasteiger partial charge in [0.25, 0.3) is 30.3 Å². The van der Waals surface area contributed by atoms with Gasteiger partial charge in [-0.1, -0.05) is 78.6 Å². The van der Waals surface area contributed by atoms with Gasteiger partial charge in [-0.15, -0.1) is 88.6 Å². The molecule has 2 unspecified atom stereocenters. The van der Waals surface area contributed by atoms with Gasteiger partial charge in [-0.25, -0.2) is 0 Å². The maximum absolute atomic E-state index is 7.85. The van der Waals surface area contributed by atoms with Crippen molar-refractivity contribution in [3.8, 4) is 0 Å². The first kappa shape index (κ1) is 33.2. The summed E-state index contributed by atoms with van der Waals surface area (Å²) in [5.74, 6) is 0. The molecule has 1 aliphatic rings. The van der Waals surface area contributed by atoms with Gasteiger partial charge in [0.1, 0.15) is 32.9 Å². The highest BCUT2D eigenvalue weighted by Gasteiger charge is 2.98. The van der Waals surface area contributed by atoms with E-state index in [2.05, 4.69) is 86.4 Å². The van der Waals surface area contributed by atoms with E-state index < -0.39 is 63.3 Å². The Morgan fingerprint density at radius 3 is 0.645 bits per heavy atom. The Balaban J connectivity index is 4.26. The Morgan fingerprint density at radius 2 is 0.516 bits per heavy atom. The summed E-state index contributed by atoms with van der Waals surface area (Å²) in [7, 11) is -8.24. The van der Waals surface area contributed by atoms with E-state index >= 15 is 0 Å². The average Bonchev–Trinajstić information content (AvgIpc) is 2.43. The van der Waals surface area contributed by atoms with Crippen molar-refractivity contribution in [3.05, 3.63) is 0 Å². The summed E-state index contributed by atoms with van der Waals surface area (Å²) < 4.78 is 4.98. The summed E-state index contributed by atoms with van der Waals surface area (Å²) in [5.41, 5.74) is -10.6. The second-order valence-corrected chi connectivity index (χ2v) is 101. The summed E-state index contributed by atoms with van der Waals surface area (Å²) >= 11 is 60.8. The maximum Gasteiger partial charge on any atom is 0.294 e. The third-order valence-electron chi connectivity index (χ3n) is 5.36. The zero-order valence-electron chi connectivity index (χ0n) is 20.4. The fourth-order valence-electron chi connectivity index (χ4n) is 5.45. The summed E-state index contributed by atoms with van der Waals surface area (Å²) in [6, 6.07) is 0. The van der Waals surface area contributed by atoms with Crippen molar-refractivity contribution >= 4 is 152 Å². The molecule has 0 N–H and O–H groups in total. The average molecular weight is 745 g/mol. The Hall–Kier alpha value is 4.19. The molecule has 186 valence electrons. The van der Waals surface area contributed by atoms with Crippen molar-refractivity contribution in [2.24, 2.45) is 0 Å². The monoisotopic (exact) mass is 740 g/mol. The molecule has 19 heteroatoms. The first-order valence-corrected chi connectivity index (χ1v) is 46.9. The van der Waals surface area contributed by atoms with Crippen LogP contribution in [0, 0.1) is 0 Å². The minimum atomic E-state index is -3.55. The molecule has 0 amide bonds. The molecule has 0 aromatic rings. The molecule has 1 rings (SSSR count). The molecule has 0 aromatic carbocycles. The lowest BCUT2D eigenvalue weighted by molar-refractivity contribution is 0.945. The minimum absolute atomic E-state index is 2.06. The topological polar surface area (TPSA) is 6.48 Å². The Kier molecular flexibility index (Phi) is 9.80. The van der Waals surface area contributed by atoms with Crippen molar-refractivity contribution in [1.29, 1.82) is 0 Å². The minimum Gasteiger partial charge on any atom is -0.357 e. The van der Waals surface area contributed by atoms with Crippen LogP contribution in [0.1, 0.15) is 0 Å².